The first-order chi connectivity index (χ1) is 8.15. The number of benzene rings is 1. The van der Waals surface area contributed by atoms with E-state index in [0.29, 0.717) is 19.6 Å². The molecule has 1 aromatic rings. The van der Waals surface area contributed by atoms with Crippen molar-refractivity contribution in [2.24, 2.45) is 0 Å². The Hall–Kier alpha value is -0.820. The Morgan fingerprint density at radius 3 is 2.76 bits per heavy atom. The molecule has 1 rings (SSSR count). The highest BCUT2D eigenvalue weighted by Crippen LogP contribution is 2.19. The average Bonchev–Trinajstić information content (AvgIpc) is 2.30. The minimum absolute atomic E-state index is 0.330. The third-order valence-electron chi connectivity index (χ3n) is 2.12. The molecule has 0 radical (unpaired) electrons. The van der Waals surface area contributed by atoms with Crippen molar-refractivity contribution in [3.8, 4) is 5.75 Å². The molecule has 0 spiro atoms. The zero-order valence-electron chi connectivity index (χ0n) is 9.56. The van der Waals surface area contributed by atoms with Crippen LogP contribution in [0.2, 0.25) is 0 Å². The fourth-order valence-electron chi connectivity index (χ4n) is 1.32. The quantitative estimate of drug-likeness (QED) is 0.768. The molecule has 0 bridgehead atoms. The van der Waals surface area contributed by atoms with Crippen LogP contribution in [0, 0.1) is 3.57 Å². The van der Waals surface area contributed by atoms with E-state index in [4.69, 9.17) is 14.6 Å². The fourth-order valence-corrected chi connectivity index (χ4v) is 1.86. The van der Waals surface area contributed by atoms with Crippen molar-refractivity contribution in [2.75, 3.05) is 13.2 Å². The summed E-state index contributed by atoms with van der Waals surface area (Å²) in [7, 11) is 0. The maximum absolute atomic E-state index is 10.8. The maximum Gasteiger partial charge on any atom is 0.332 e. The van der Waals surface area contributed by atoms with Gasteiger partial charge in [-0.25, -0.2) is 4.79 Å². The molecule has 0 amide bonds. The summed E-state index contributed by atoms with van der Waals surface area (Å²) >= 11 is 2.17. The Bertz CT molecular complexity index is 367. The van der Waals surface area contributed by atoms with E-state index < -0.39 is 12.1 Å². The first-order valence-electron chi connectivity index (χ1n) is 5.37. The van der Waals surface area contributed by atoms with E-state index in [-0.39, 0.29) is 0 Å². The molecule has 1 atom stereocenters. The molecule has 1 unspecified atom stereocenters. The van der Waals surface area contributed by atoms with Gasteiger partial charge < -0.3 is 14.6 Å². The summed E-state index contributed by atoms with van der Waals surface area (Å²) < 4.78 is 11.6. The Morgan fingerprint density at radius 1 is 1.47 bits per heavy atom. The number of halogens is 1. The zero-order chi connectivity index (χ0) is 12.7. The normalized spacial score (nSPS) is 12.1. The molecule has 94 valence electrons. The second kappa shape index (κ2) is 7.50. The first-order valence-corrected chi connectivity index (χ1v) is 6.44. The minimum atomic E-state index is -0.946. The predicted octanol–water partition coefficient (Wildman–Crippen LogP) is 2.55. The molecule has 0 fully saturated rings. The molecule has 5 heteroatoms. The summed E-state index contributed by atoms with van der Waals surface area (Å²) in [4.78, 5) is 10.8. The number of carbonyl (C=O) groups is 1. The number of para-hydroxylation sites is 1. The van der Waals surface area contributed by atoms with Crippen LogP contribution in [-0.2, 0) is 9.53 Å². The van der Waals surface area contributed by atoms with Gasteiger partial charge in [0.2, 0.25) is 0 Å². The number of aliphatic carboxylic acids is 1. The van der Waals surface area contributed by atoms with Crippen molar-refractivity contribution in [2.45, 2.75) is 19.4 Å². The topological polar surface area (TPSA) is 55.8 Å². The molecule has 0 saturated heterocycles. The summed E-state index contributed by atoms with van der Waals surface area (Å²) in [6.07, 6.45) is -0.449. The highest BCUT2D eigenvalue weighted by Gasteiger charge is 2.17. The number of carboxylic acids is 1. The molecule has 1 aromatic carbocycles. The molecular weight excluding hydrogens is 335 g/mol. The summed E-state index contributed by atoms with van der Waals surface area (Å²) in [5.74, 6) is -0.174. The zero-order valence-corrected chi connectivity index (χ0v) is 11.7. The van der Waals surface area contributed by atoms with Crippen LogP contribution in [0.3, 0.4) is 0 Å². The van der Waals surface area contributed by atoms with E-state index in [0.717, 1.165) is 9.32 Å². The van der Waals surface area contributed by atoms with Gasteiger partial charge in [-0.15, -0.1) is 0 Å². The summed E-state index contributed by atoms with van der Waals surface area (Å²) in [6.45, 7) is 2.49. The average molecular weight is 350 g/mol. The van der Waals surface area contributed by atoms with Crippen LogP contribution < -0.4 is 4.74 Å². The van der Waals surface area contributed by atoms with Crippen molar-refractivity contribution in [3.05, 3.63) is 27.8 Å². The molecule has 0 aliphatic heterocycles. The molecule has 0 aliphatic carbocycles. The van der Waals surface area contributed by atoms with Crippen molar-refractivity contribution in [1.29, 1.82) is 0 Å². The van der Waals surface area contributed by atoms with E-state index in [1.807, 2.05) is 24.3 Å². The Labute approximate surface area is 114 Å². The number of carboxylic acid groups (broad SMARTS) is 1. The van der Waals surface area contributed by atoms with Gasteiger partial charge in [0, 0.05) is 13.0 Å². The van der Waals surface area contributed by atoms with Gasteiger partial charge in [0.05, 0.1) is 10.2 Å². The van der Waals surface area contributed by atoms with Crippen molar-refractivity contribution in [3.63, 3.8) is 0 Å². The van der Waals surface area contributed by atoms with Gasteiger partial charge in [-0.2, -0.15) is 0 Å². The van der Waals surface area contributed by atoms with E-state index in [1.54, 1.807) is 6.92 Å². The van der Waals surface area contributed by atoms with Gasteiger partial charge in [0.1, 0.15) is 5.75 Å². The smallest absolute Gasteiger partial charge is 0.332 e. The molecule has 0 heterocycles. The van der Waals surface area contributed by atoms with Gasteiger partial charge in [-0.1, -0.05) is 12.1 Å². The lowest BCUT2D eigenvalue weighted by Gasteiger charge is -2.13. The molecule has 0 saturated carbocycles. The lowest BCUT2D eigenvalue weighted by atomic mass is 10.2. The van der Waals surface area contributed by atoms with E-state index in [1.165, 1.54) is 0 Å². The molecule has 0 aromatic heterocycles. The lowest BCUT2D eigenvalue weighted by Crippen LogP contribution is -2.26. The highest BCUT2D eigenvalue weighted by atomic mass is 127. The summed E-state index contributed by atoms with van der Waals surface area (Å²) in [6, 6.07) is 7.61. The third-order valence-corrected chi connectivity index (χ3v) is 3.01. The van der Waals surface area contributed by atoms with Crippen LogP contribution in [0.4, 0.5) is 0 Å². The second-order valence-electron chi connectivity index (χ2n) is 3.35. The van der Waals surface area contributed by atoms with Gasteiger partial charge in [-0.3, -0.25) is 0 Å². The Balaban J connectivity index is 2.41. The first kappa shape index (κ1) is 14.2. The van der Waals surface area contributed by atoms with Gasteiger partial charge in [0.25, 0.3) is 0 Å². The second-order valence-corrected chi connectivity index (χ2v) is 4.51. The van der Waals surface area contributed by atoms with E-state index in [2.05, 4.69) is 22.6 Å². The molecule has 17 heavy (non-hydrogen) atoms. The van der Waals surface area contributed by atoms with Crippen LogP contribution in [-0.4, -0.2) is 30.4 Å². The van der Waals surface area contributed by atoms with Gasteiger partial charge >= 0.3 is 5.97 Å². The van der Waals surface area contributed by atoms with E-state index >= 15 is 0 Å². The fraction of sp³-hybridized carbons (Fsp3) is 0.417. The van der Waals surface area contributed by atoms with Crippen LogP contribution >= 0.6 is 22.6 Å². The SMILES string of the molecule is CCOC(CCOc1ccccc1I)C(=O)O. The number of hydrogen-bond donors (Lipinski definition) is 1. The largest absolute Gasteiger partial charge is 0.492 e. The standard InChI is InChI=1S/C12H15IO4/c1-2-16-11(12(14)15)7-8-17-10-6-4-3-5-9(10)13/h3-6,11H,2,7-8H2,1H3,(H,14,15). The summed E-state index contributed by atoms with van der Waals surface area (Å²) in [5.41, 5.74) is 0. The Morgan fingerprint density at radius 2 is 2.18 bits per heavy atom. The van der Waals surface area contributed by atoms with Crippen LogP contribution in [0.15, 0.2) is 24.3 Å². The predicted molar refractivity (Wildman–Crippen MR) is 72.3 cm³/mol. The van der Waals surface area contributed by atoms with Gasteiger partial charge in [-0.05, 0) is 41.6 Å². The maximum atomic E-state index is 10.8. The Kier molecular flexibility index (Phi) is 6.28. The lowest BCUT2D eigenvalue weighted by molar-refractivity contribution is -0.150. The third kappa shape index (κ3) is 4.91. The number of ether oxygens (including phenoxy) is 2. The van der Waals surface area contributed by atoms with Crippen LogP contribution in [0.25, 0.3) is 0 Å². The molecule has 4 nitrogen and oxygen atoms in total. The van der Waals surface area contributed by atoms with Gasteiger partial charge in [0.15, 0.2) is 6.10 Å². The van der Waals surface area contributed by atoms with Crippen molar-refractivity contribution in [1.82, 2.24) is 0 Å². The van der Waals surface area contributed by atoms with E-state index in [9.17, 15) is 4.79 Å². The van der Waals surface area contributed by atoms with Crippen molar-refractivity contribution < 1.29 is 19.4 Å². The minimum Gasteiger partial charge on any atom is -0.492 e. The number of hydrogen-bond acceptors (Lipinski definition) is 3. The number of rotatable bonds is 7. The molecule has 0 aliphatic rings. The van der Waals surface area contributed by atoms with Crippen LogP contribution in [0.5, 0.6) is 5.75 Å². The van der Waals surface area contributed by atoms with Crippen molar-refractivity contribution >= 4 is 28.6 Å². The molecule has 1 N–H and O–H groups in total. The highest BCUT2D eigenvalue weighted by molar-refractivity contribution is 14.1. The summed E-state index contributed by atoms with van der Waals surface area (Å²) in [5, 5.41) is 8.87. The molecular formula is C12H15IO4. The monoisotopic (exact) mass is 350 g/mol. The van der Waals surface area contributed by atoms with Crippen LogP contribution in [0.1, 0.15) is 13.3 Å².